The first-order valence-corrected chi connectivity index (χ1v) is 18.3. The molecular formula is C35H55N3O6S. The minimum absolute atomic E-state index is 0.0680. The van der Waals surface area contributed by atoms with E-state index < -0.39 is 22.1 Å². The first-order chi connectivity index (χ1) is 21.8. The summed E-state index contributed by atoms with van der Waals surface area (Å²) in [5, 5.41) is 5.12. The van der Waals surface area contributed by atoms with Crippen molar-refractivity contribution >= 4 is 33.5 Å². The van der Waals surface area contributed by atoms with Crippen LogP contribution in [0.5, 0.6) is 5.75 Å². The maximum Gasteiger partial charge on any atom is 0.411 e. The molecule has 0 aliphatic carbocycles. The summed E-state index contributed by atoms with van der Waals surface area (Å²) in [5.41, 5.74) is 0.852. The van der Waals surface area contributed by atoms with Gasteiger partial charge in [-0.05, 0) is 55.0 Å². The monoisotopic (exact) mass is 645 g/mol. The van der Waals surface area contributed by atoms with Crippen LogP contribution in [0.3, 0.4) is 0 Å². The van der Waals surface area contributed by atoms with Crippen LogP contribution in [0.25, 0.3) is 0 Å². The molecule has 2 aromatic rings. The van der Waals surface area contributed by atoms with E-state index >= 15 is 0 Å². The van der Waals surface area contributed by atoms with Gasteiger partial charge in [0.1, 0.15) is 5.75 Å². The topological polar surface area (TPSA) is 123 Å². The van der Waals surface area contributed by atoms with E-state index in [1.807, 2.05) is 4.72 Å². The summed E-state index contributed by atoms with van der Waals surface area (Å²) < 4.78 is 37.1. The molecule has 0 bridgehead atoms. The van der Waals surface area contributed by atoms with Crippen LogP contribution in [-0.4, -0.2) is 34.3 Å². The molecule has 0 saturated carbocycles. The van der Waals surface area contributed by atoms with Gasteiger partial charge < -0.3 is 14.8 Å². The molecule has 45 heavy (non-hydrogen) atoms. The fraction of sp³-hybridized carbons (Fsp3) is 0.600. The van der Waals surface area contributed by atoms with Crippen LogP contribution in [0.4, 0.5) is 21.0 Å². The maximum absolute atomic E-state index is 12.4. The highest BCUT2D eigenvalue weighted by atomic mass is 32.2. The number of amides is 3. The minimum Gasteiger partial charge on any atom is -0.497 e. The van der Waals surface area contributed by atoms with Gasteiger partial charge in [-0.3, -0.25) is 5.32 Å². The number of carbonyl (C=O) groups excluding carboxylic acids is 2. The van der Waals surface area contributed by atoms with Crippen molar-refractivity contribution in [3.63, 3.8) is 0 Å². The molecule has 2 aromatic carbocycles. The zero-order valence-corrected chi connectivity index (χ0v) is 28.2. The Balaban J connectivity index is 1.45. The van der Waals surface area contributed by atoms with Crippen LogP contribution in [0.1, 0.15) is 122 Å². The summed E-state index contributed by atoms with van der Waals surface area (Å²) in [6, 6.07) is 11.0. The predicted octanol–water partition coefficient (Wildman–Crippen LogP) is 9.80. The van der Waals surface area contributed by atoms with Gasteiger partial charge in [-0.1, -0.05) is 116 Å². The third-order valence-electron chi connectivity index (χ3n) is 7.72. The van der Waals surface area contributed by atoms with Crippen LogP contribution in [0, 0.1) is 0 Å². The molecule has 252 valence electrons. The fourth-order valence-corrected chi connectivity index (χ4v) is 5.96. The molecule has 0 unspecified atom stereocenters. The van der Waals surface area contributed by atoms with E-state index in [9.17, 15) is 18.0 Å². The van der Waals surface area contributed by atoms with Crippen molar-refractivity contribution in [1.82, 2.24) is 4.72 Å². The summed E-state index contributed by atoms with van der Waals surface area (Å²) in [6.45, 7) is 2.64. The number of anilines is 2. The van der Waals surface area contributed by atoms with Crippen molar-refractivity contribution in [1.29, 1.82) is 0 Å². The van der Waals surface area contributed by atoms with Gasteiger partial charge in [-0.15, -0.1) is 0 Å². The summed E-state index contributed by atoms with van der Waals surface area (Å²) in [6.07, 6.45) is 23.0. The molecule has 0 aliphatic rings. The molecule has 0 atom stereocenters. The van der Waals surface area contributed by atoms with Crippen LogP contribution < -0.4 is 20.1 Å². The molecule has 2 rings (SSSR count). The first-order valence-electron chi connectivity index (χ1n) is 16.9. The highest BCUT2D eigenvalue weighted by Gasteiger charge is 2.17. The molecule has 0 spiro atoms. The van der Waals surface area contributed by atoms with E-state index in [2.05, 4.69) is 17.6 Å². The molecule has 0 aliphatic heterocycles. The second-order valence-electron chi connectivity index (χ2n) is 11.6. The third-order valence-corrected chi connectivity index (χ3v) is 9.06. The van der Waals surface area contributed by atoms with E-state index in [1.165, 1.54) is 128 Å². The maximum atomic E-state index is 12.4. The molecular weight excluding hydrogens is 590 g/mol. The Labute approximate surface area is 271 Å². The zero-order valence-electron chi connectivity index (χ0n) is 27.4. The van der Waals surface area contributed by atoms with Crippen LogP contribution in [0.2, 0.25) is 0 Å². The largest absolute Gasteiger partial charge is 0.497 e. The molecule has 0 saturated heterocycles. The lowest BCUT2D eigenvalue weighted by molar-refractivity contribution is 0.159. The van der Waals surface area contributed by atoms with Crippen molar-refractivity contribution in [2.45, 2.75) is 127 Å². The Morgan fingerprint density at radius 2 is 1.02 bits per heavy atom. The quantitative estimate of drug-likeness (QED) is 0.0977. The zero-order chi connectivity index (χ0) is 32.6. The standard InChI is InChI=1S/C35H55N3O6S/c1-3-4-5-6-7-8-9-10-11-12-13-14-15-16-17-18-19-20-29-44-35(40)37-31-23-21-30(22-24-31)36-34(39)38-45(41,42)33-27-25-32(43-2)26-28-33/h21-28H,3-20,29H2,1-2H3,(H,37,40)(H2,36,38,39). The van der Waals surface area contributed by atoms with E-state index in [4.69, 9.17) is 9.47 Å². The van der Waals surface area contributed by atoms with E-state index in [0.29, 0.717) is 23.7 Å². The van der Waals surface area contributed by atoms with Crippen LogP contribution in [-0.2, 0) is 14.8 Å². The third kappa shape index (κ3) is 17.7. The second kappa shape index (κ2) is 23.1. The number of nitrogens with one attached hydrogen (secondary N) is 3. The van der Waals surface area contributed by atoms with Gasteiger partial charge in [0.05, 0.1) is 18.6 Å². The van der Waals surface area contributed by atoms with Gasteiger partial charge in [0.2, 0.25) is 0 Å². The van der Waals surface area contributed by atoms with Crippen molar-refractivity contribution in [2.24, 2.45) is 0 Å². The molecule has 10 heteroatoms. The van der Waals surface area contributed by atoms with Crippen LogP contribution >= 0.6 is 0 Å². The lowest BCUT2D eigenvalue weighted by Crippen LogP contribution is -2.34. The number of urea groups is 1. The van der Waals surface area contributed by atoms with Crippen LogP contribution in [0.15, 0.2) is 53.4 Å². The Bertz CT molecular complexity index is 1190. The molecule has 0 fully saturated rings. The molecule has 0 aromatic heterocycles. The van der Waals surface area contributed by atoms with Crippen molar-refractivity contribution < 1.29 is 27.5 Å². The normalized spacial score (nSPS) is 11.2. The number of hydrogen-bond acceptors (Lipinski definition) is 6. The van der Waals surface area contributed by atoms with Gasteiger partial charge >= 0.3 is 12.1 Å². The van der Waals surface area contributed by atoms with Gasteiger partial charge in [0.25, 0.3) is 10.0 Å². The Kier molecular flexibility index (Phi) is 19.5. The van der Waals surface area contributed by atoms with Gasteiger partial charge in [0, 0.05) is 11.4 Å². The van der Waals surface area contributed by atoms with E-state index in [1.54, 1.807) is 24.3 Å². The number of methoxy groups -OCH3 is 1. The van der Waals surface area contributed by atoms with Gasteiger partial charge in [0.15, 0.2) is 0 Å². The number of benzene rings is 2. The first kappa shape index (κ1) is 37.9. The Morgan fingerprint density at radius 1 is 0.600 bits per heavy atom. The summed E-state index contributed by atoms with van der Waals surface area (Å²) in [5.74, 6) is 0.501. The highest BCUT2D eigenvalue weighted by Crippen LogP contribution is 2.18. The summed E-state index contributed by atoms with van der Waals surface area (Å²) >= 11 is 0. The minimum atomic E-state index is -4.05. The molecule has 0 heterocycles. The number of ether oxygens (including phenoxy) is 2. The molecule has 3 amide bonds. The Hall–Kier alpha value is -3.27. The van der Waals surface area contributed by atoms with E-state index in [0.717, 1.165) is 19.3 Å². The fourth-order valence-electron chi connectivity index (χ4n) is 5.05. The van der Waals surface area contributed by atoms with Crippen molar-refractivity contribution in [3.8, 4) is 5.75 Å². The molecule has 3 N–H and O–H groups in total. The van der Waals surface area contributed by atoms with Gasteiger partial charge in [-0.25, -0.2) is 22.7 Å². The molecule has 0 radical (unpaired) electrons. The SMILES string of the molecule is CCCCCCCCCCCCCCCCCCCCOC(=O)Nc1ccc(NC(=O)NS(=O)(=O)c2ccc(OC)cc2)cc1. The van der Waals surface area contributed by atoms with E-state index in [-0.39, 0.29) is 4.90 Å². The number of hydrogen-bond donors (Lipinski definition) is 3. The lowest BCUT2D eigenvalue weighted by Gasteiger charge is -2.10. The highest BCUT2D eigenvalue weighted by molar-refractivity contribution is 7.90. The average Bonchev–Trinajstić information content (AvgIpc) is 3.03. The van der Waals surface area contributed by atoms with Crippen molar-refractivity contribution in [3.05, 3.63) is 48.5 Å². The average molecular weight is 646 g/mol. The van der Waals surface area contributed by atoms with Gasteiger partial charge in [-0.2, -0.15) is 0 Å². The number of unbranched alkanes of at least 4 members (excludes halogenated alkanes) is 17. The summed E-state index contributed by atoms with van der Waals surface area (Å²) in [7, 11) is -2.57. The van der Waals surface area contributed by atoms with Crippen molar-refractivity contribution in [2.75, 3.05) is 24.4 Å². The Morgan fingerprint density at radius 3 is 1.47 bits per heavy atom. The predicted molar refractivity (Wildman–Crippen MR) is 183 cm³/mol. The lowest BCUT2D eigenvalue weighted by atomic mass is 10.0. The summed E-state index contributed by atoms with van der Waals surface area (Å²) in [4.78, 5) is 24.3. The smallest absolute Gasteiger partial charge is 0.411 e. The molecule has 9 nitrogen and oxygen atoms in total. The number of rotatable bonds is 24. The number of carbonyl (C=O) groups is 2. The second-order valence-corrected chi connectivity index (χ2v) is 13.3. The number of sulfonamides is 1.